The van der Waals surface area contributed by atoms with E-state index in [4.69, 9.17) is 0 Å². The summed E-state index contributed by atoms with van der Waals surface area (Å²) >= 11 is 0. The number of rotatable bonds is 4. The van der Waals surface area contributed by atoms with Crippen LogP contribution in [0.4, 0.5) is 0 Å². The molecule has 0 amide bonds. The lowest BCUT2D eigenvalue weighted by atomic mass is 9.99. The zero-order valence-electron chi connectivity index (χ0n) is 24.1. The topological polar surface area (TPSA) is 9.86 Å². The number of benzene rings is 7. The molecule has 9 rings (SSSR count). The highest BCUT2D eigenvalue weighted by Gasteiger charge is 2.18. The normalized spacial score (nSPS) is 11.6. The van der Waals surface area contributed by atoms with Crippen molar-refractivity contribution < 1.29 is 0 Å². The Morgan fingerprint density at radius 2 is 0.682 bits per heavy atom. The van der Waals surface area contributed by atoms with Crippen molar-refractivity contribution in [2.45, 2.75) is 0 Å². The van der Waals surface area contributed by atoms with Crippen LogP contribution in [0.2, 0.25) is 0 Å². The number of aromatic nitrogens is 2. The van der Waals surface area contributed by atoms with E-state index >= 15 is 0 Å². The van der Waals surface area contributed by atoms with Crippen LogP contribution in [-0.4, -0.2) is 9.13 Å². The number of para-hydroxylation sites is 3. The highest BCUT2D eigenvalue weighted by Crippen LogP contribution is 2.40. The van der Waals surface area contributed by atoms with Gasteiger partial charge in [-0.25, -0.2) is 0 Å². The van der Waals surface area contributed by atoms with E-state index < -0.39 is 0 Å². The van der Waals surface area contributed by atoms with Gasteiger partial charge in [0.15, 0.2) is 0 Å². The summed E-state index contributed by atoms with van der Waals surface area (Å²) in [6, 6.07) is 61.4. The summed E-state index contributed by atoms with van der Waals surface area (Å²) in [6.07, 6.45) is 0. The number of hydrogen-bond donors (Lipinski definition) is 0. The fourth-order valence-electron chi connectivity index (χ4n) is 6.90. The average molecular weight is 561 g/mol. The van der Waals surface area contributed by atoms with Crippen molar-refractivity contribution >= 4 is 43.6 Å². The summed E-state index contributed by atoms with van der Waals surface area (Å²) in [5.41, 5.74) is 12.1. The maximum Gasteiger partial charge on any atom is 0.0548 e. The van der Waals surface area contributed by atoms with Gasteiger partial charge in [-0.1, -0.05) is 115 Å². The first-order chi connectivity index (χ1) is 21.8. The van der Waals surface area contributed by atoms with Gasteiger partial charge in [0.05, 0.1) is 22.1 Å². The molecule has 206 valence electrons. The minimum atomic E-state index is 1.16. The average Bonchev–Trinajstić information content (AvgIpc) is 3.60. The maximum atomic E-state index is 2.43. The Kier molecular flexibility index (Phi) is 5.54. The van der Waals surface area contributed by atoms with E-state index in [9.17, 15) is 0 Å². The molecule has 0 unspecified atom stereocenters. The molecule has 0 radical (unpaired) electrons. The minimum Gasteiger partial charge on any atom is -0.309 e. The van der Waals surface area contributed by atoms with Crippen LogP contribution in [0.15, 0.2) is 170 Å². The molecule has 0 saturated carbocycles. The Morgan fingerprint density at radius 1 is 0.250 bits per heavy atom. The second-order valence-corrected chi connectivity index (χ2v) is 11.4. The number of hydrogen-bond acceptors (Lipinski definition) is 0. The molecular weight excluding hydrogens is 532 g/mol. The van der Waals surface area contributed by atoms with Gasteiger partial charge in [-0.2, -0.15) is 0 Å². The third kappa shape index (κ3) is 3.82. The van der Waals surface area contributed by atoms with Gasteiger partial charge in [-0.05, 0) is 76.9 Å². The van der Waals surface area contributed by atoms with Crippen LogP contribution in [0.1, 0.15) is 0 Å². The molecule has 44 heavy (non-hydrogen) atoms. The molecule has 9 aromatic rings. The van der Waals surface area contributed by atoms with Gasteiger partial charge >= 0.3 is 0 Å². The molecule has 0 aliphatic heterocycles. The number of nitrogens with zero attached hydrogens (tertiary/aromatic N) is 2. The lowest BCUT2D eigenvalue weighted by Crippen LogP contribution is -1.95. The molecule has 0 aliphatic carbocycles. The first kappa shape index (κ1) is 24.7. The summed E-state index contributed by atoms with van der Waals surface area (Å²) in [5, 5.41) is 5.03. The van der Waals surface area contributed by atoms with Crippen molar-refractivity contribution in [3.8, 4) is 33.6 Å². The van der Waals surface area contributed by atoms with E-state index in [1.54, 1.807) is 0 Å². The van der Waals surface area contributed by atoms with Crippen LogP contribution in [0.5, 0.6) is 0 Å². The predicted octanol–water partition coefficient (Wildman–Crippen LogP) is 11.2. The van der Waals surface area contributed by atoms with E-state index in [2.05, 4.69) is 179 Å². The molecular formula is C42H28N2. The zero-order chi connectivity index (χ0) is 29.0. The Bertz CT molecular complexity index is 2480. The molecule has 0 atom stereocenters. The Balaban J connectivity index is 1.30. The molecule has 0 aliphatic rings. The monoisotopic (exact) mass is 560 g/mol. The van der Waals surface area contributed by atoms with Crippen molar-refractivity contribution in [2.75, 3.05) is 0 Å². The van der Waals surface area contributed by atoms with Crippen LogP contribution in [0.3, 0.4) is 0 Å². The van der Waals surface area contributed by atoms with Gasteiger partial charge < -0.3 is 9.13 Å². The standard InChI is InChI=1S/C42H28N2/c1-3-13-29(14-4-1)30-15-11-16-31(25-30)32-17-12-20-34(26-32)44-40-24-10-8-22-36(40)38-27-41-37(28-42(38)44)35-21-7-9-23-39(35)43(41)33-18-5-2-6-19-33/h1-28H. The quantitative estimate of drug-likeness (QED) is 0.203. The summed E-state index contributed by atoms with van der Waals surface area (Å²) in [4.78, 5) is 0. The lowest BCUT2D eigenvalue weighted by molar-refractivity contribution is 1.17. The van der Waals surface area contributed by atoms with Crippen LogP contribution in [0.25, 0.3) is 77.2 Å². The summed E-state index contributed by atoms with van der Waals surface area (Å²) in [5.74, 6) is 0. The molecule has 0 N–H and O–H groups in total. The predicted molar refractivity (Wildman–Crippen MR) is 186 cm³/mol. The first-order valence-electron chi connectivity index (χ1n) is 15.1. The van der Waals surface area contributed by atoms with Crippen molar-refractivity contribution in [3.05, 3.63) is 170 Å². The Hall–Kier alpha value is -5.86. The minimum absolute atomic E-state index is 1.16. The lowest BCUT2D eigenvalue weighted by Gasteiger charge is -2.12. The van der Waals surface area contributed by atoms with Crippen molar-refractivity contribution in [2.24, 2.45) is 0 Å². The van der Waals surface area contributed by atoms with Crippen molar-refractivity contribution in [1.82, 2.24) is 9.13 Å². The SMILES string of the molecule is c1ccc(-c2cccc(-c3cccc(-n4c5ccccc5c5cc6c(cc54)c4ccccc4n6-c4ccccc4)c3)c2)cc1. The van der Waals surface area contributed by atoms with E-state index in [1.165, 1.54) is 71.6 Å². The molecule has 2 heterocycles. The van der Waals surface area contributed by atoms with Gasteiger partial charge in [-0.3, -0.25) is 0 Å². The summed E-state index contributed by atoms with van der Waals surface area (Å²) < 4.78 is 4.83. The molecule has 7 aromatic carbocycles. The van der Waals surface area contributed by atoms with E-state index in [0.29, 0.717) is 0 Å². The van der Waals surface area contributed by atoms with Gasteiger partial charge in [0.25, 0.3) is 0 Å². The molecule has 2 nitrogen and oxygen atoms in total. The molecule has 0 bridgehead atoms. The maximum absolute atomic E-state index is 2.43. The third-order valence-electron chi connectivity index (χ3n) is 8.89. The highest BCUT2D eigenvalue weighted by molar-refractivity contribution is 6.19. The van der Waals surface area contributed by atoms with Gasteiger partial charge in [0.2, 0.25) is 0 Å². The van der Waals surface area contributed by atoms with Crippen LogP contribution >= 0.6 is 0 Å². The highest BCUT2D eigenvalue weighted by atomic mass is 15.0. The number of fused-ring (bicyclic) bond motifs is 6. The Labute approximate surface area is 255 Å². The molecule has 2 heteroatoms. The van der Waals surface area contributed by atoms with Gasteiger partial charge in [0.1, 0.15) is 0 Å². The molecule has 0 fully saturated rings. The second kappa shape index (κ2) is 9.86. The third-order valence-corrected chi connectivity index (χ3v) is 8.89. The molecule has 0 saturated heterocycles. The van der Waals surface area contributed by atoms with E-state index in [1.807, 2.05) is 0 Å². The summed E-state index contributed by atoms with van der Waals surface area (Å²) in [6.45, 7) is 0. The van der Waals surface area contributed by atoms with Crippen LogP contribution < -0.4 is 0 Å². The summed E-state index contributed by atoms with van der Waals surface area (Å²) in [7, 11) is 0. The zero-order valence-corrected chi connectivity index (χ0v) is 24.1. The van der Waals surface area contributed by atoms with Crippen LogP contribution in [-0.2, 0) is 0 Å². The molecule has 2 aromatic heterocycles. The Morgan fingerprint density at radius 3 is 1.32 bits per heavy atom. The fraction of sp³-hybridized carbons (Fsp3) is 0. The molecule has 0 spiro atoms. The van der Waals surface area contributed by atoms with E-state index in [0.717, 1.165) is 5.69 Å². The van der Waals surface area contributed by atoms with Crippen molar-refractivity contribution in [1.29, 1.82) is 0 Å². The largest absolute Gasteiger partial charge is 0.309 e. The van der Waals surface area contributed by atoms with E-state index in [-0.39, 0.29) is 0 Å². The van der Waals surface area contributed by atoms with Crippen LogP contribution in [0, 0.1) is 0 Å². The smallest absolute Gasteiger partial charge is 0.0548 e. The fourth-order valence-corrected chi connectivity index (χ4v) is 6.90. The van der Waals surface area contributed by atoms with Gasteiger partial charge in [0, 0.05) is 32.9 Å². The second-order valence-electron chi connectivity index (χ2n) is 11.4. The van der Waals surface area contributed by atoms with Gasteiger partial charge in [-0.15, -0.1) is 0 Å². The first-order valence-corrected chi connectivity index (χ1v) is 15.1. The van der Waals surface area contributed by atoms with Crippen molar-refractivity contribution in [3.63, 3.8) is 0 Å².